The van der Waals surface area contributed by atoms with Crippen molar-refractivity contribution >= 4 is 11.9 Å². The zero-order valence-electron chi connectivity index (χ0n) is 13.3. The lowest BCUT2D eigenvalue weighted by Gasteiger charge is -2.31. The number of carbonyl (C=O) groups is 2. The van der Waals surface area contributed by atoms with Crippen LogP contribution in [0.15, 0.2) is 0 Å². The number of hydrogen-bond donors (Lipinski definition) is 2. The summed E-state index contributed by atoms with van der Waals surface area (Å²) < 4.78 is 0. The van der Waals surface area contributed by atoms with Crippen molar-refractivity contribution in [3.63, 3.8) is 0 Å². The van der Waals surface area contributed by atoms with Gasteiger partial charge in [-0.25, -0.2) is 5.84 Å². The molecule has 0 aliphatic rings. The Morgan fingerprint density at radius 3 is 2.30 bits per heavy atom. The van der Waals surface area contributed by atoms with Crippen molar-refractivity contribution in [3.05, 3.63) is 0 Å². The van der Waals surface area contributed by atoms with Gasteiger partial charge in [-0.2, -0.15) is 0 Å². The molecule has 20 heavy (non-hydrogen) atoms. The minimum Gasteiger partial charge on any atom is -0.481 e. The van der Waals surface area contributed by atoms with E-state index in [1.54, 1.807) is 6.92 Å². The van der Waals surface area contributed by atoms with Gasteiger partial charge in [-0.1, -0.05) is 47.0 Å². The molecule has 3 atom stereocenters. The number of carbonyl (C=O) groups excluding carboxylic acids is 1. The summed E-state index contributed by atoms with van der Waals surface area (Å²) in [5.41, 5.74) is 0. The topological polar surface area (TPSA) is 83.6 Å². The molecule has 0 saturated heterocycles. The molecule has 0 aliphatic carbocycles. The van der Waals surface area contributed by atoms with E-state index < -0.39 is 5.97 Å². The maximum atomic E-state index is 11.6. The molecule has 0 bridgehead atoms. The first-order valence-corrected chi connectivity index (χ1v) is 7.60. The third kappa shape index (κ3) is 6.89. The van der Waals surface area contributed by atoms with Crippen LogP contribution in [0.2, 0.25) is 0 Å². The molecular weight excluding hydrogens is 256 g/mol. The second kappa shape index (κ2) is 9.75. The van der Waals surface area contributed by atoms with E-state index in [4.69, 9.17) is 10.9 Å². The third-order valence-electron chi connectivity index (χ3n) is 4.14. The van der Waals surface area contributed by atoms with Crippen LogP contribution < -0.4 is 5.84 Å². The Kier molecular flexibility index (Phi) is 9.21. The van der Waals surface area contributed by atoms with Crippen LogP contribution in [0.1, 0.15) is 59.8 Å². The Morgan fingerprint density at radius 2 is 1.85 bits per heavy atom. The maximum absolute atomic E-state index is 11.6. The largest absolute Gasteiger partial charge is 0.481 e. The van der Waals surface area contributed by atoms with E-state index >= 15 is 0 Å². The van der Waals surface area contributed by atoms with Crippen LogP contribution in [-0.4, -0.2) is 28.5 Å². The lowest BCUT2D eigenvalue weighted by Crippen LogP contribution is -2.43. The highest BCUT2D eigenvalue weighted by Crippen LogP contribution is 2.28. The number of carboxylic acid groups (broad SMARTS) is 1. The molecule has 0 fully saturated rings. The number of hydrazine groups is 1. The molecule has 118 valence electrons. The highest BCUT2D eigenvalue weighted by Gasteiger charge is 2.27. The van der Waals surface area contributed by atoms with Gasteiger partial charge in [0.05, 0.1) is 6.42 Å². The lowest BCUT2D eigenvalue weighted by atomic mass is 9.79. The first-order valence-electron chi connectivity index (χ1n) is 7.60. The van der Waals surface area contributed by atoms with Crippen molar-refractivity contribution in [1.82, 2.24) is 5.01 Å². The summed E-state index contributed by atoms with van der Waals surface area (Å²) in [6.07, 6.45) is 3.77. The van der Waals surface area contributed by atoms with Gasteiger partial charge in [0.15, 0.2) is 0 Å². The number of rotatable bonds is 10. The molecule has 0 aromatic carbocycles. The van der Waals surface area contributed by atoms with E-state index in [0.29, 0.717) is 18.9 Å². The second-order valence-corrected chi connectivity index (χ2v) is 5.74. The summed E-state index contributed by atoms with van der Waals surface area (Å²) in [7, 11) is 0. The van der Waals surface area contributed by atoms with Gasteiger partial charge in [-0.3, -0.25) is 14.6 Å². The normalized spacial score (nSPS) is 15.4. The monoisotopic (exact) mass is 286 g/mol. The number of amides is 1. The lowest BCUT2D eigenvalue weighted by molar-refractivity contribution is -0.140. The predicted molar refractivity (Wildman–Crippen MR) is 79.8 cm³/mol. The zero-order valence-corrected chi connectivity index (χ0v) is 13.3. The summed E-state index contributed by atoms with van der Waals surface area (Å²) in [5, 5.41) is 10.2. The van der Waals surface area contributed by atoms with Crippen LogP contribution >= 0.6 is 0 Å². The fourth-order valence-electron chi connectivity index (χ4n) is 2.45. The third-order valence-corrected chi connectivity index (χ3v) is 4.14. The van der Waals surface area contributed by atoms with Crippen LogP contribution in [0.25, 0.3) is 0 Å². The Morgan fingerprint density at radius 1 is 1.25 bits per heavy atom. The first-order chi connectivity index (χ1) is 9.33. The Labute approximate surface area is 122 Å². The van der Waals surface area contributed by atoms with Gasteiger partial charge in [-0.05, 0) is 17.8 Å². The molecule has 0 heterocycles. The molecule has 3 unspecified atom stereocenters. The van der Waals surface area contributed by atoms with Gasteiger partial charge >= 0.3 is 5.97 Å². The molecule has 1 amide bonds. The fraction of sp³-hybridized carbons (Fsp3) is 0.867. The predicted octanol–water partition coefficient (Wildman–Crippen LogP) is 2.65. The van der Waals surface area contributed by atoms with Crippen LogP contribution in [0, 0.1) is 17.8 Å². The van der Waals surface area contributed by atoms with Gasteiger partial charge in [0.1, 0.15) is 0 Å². The number of aliphatic carboxylic acids is 1. The molecule has 5 nitrogen and oxygen atoms in total. The van der Waals surface area contributed by atoms with Crippen LogP contribution in [0.3, 0.4) is 0 Å². The van der Waals surface area contributed by atoms with Gasteiger partial charge in [0.2, 0.25) is 5.91 Å². The van der Waals surface area contributed by atoms with E-state index in [-0.39, 0.29) is 24.2 Å². The minimum absolute atomic E-state index is 0.0579. The SMILES string of the molecule is CCCCC(C)C(C)C(CC(=O)O)CN(N)C(=O)CC. The number of nitrogens with zero attached hydrogens (tertiary/aromatic N) is 1. The summed E-state index contributed by atoms with van der Waals surface area (Å²) in [5.74, 6) is 5.32. The van der Waals surface area contributed by atoms with Crippen molar-refractivity contribution in [2.75, 3.05) is 6.54 Å². The van der Waals surface area contributed by atoms with Gasteiger partial charge < -0.3 is 5.11 Å². The molecule has 5 heteroatoms. The van der Waals surface area contributed by atoms with Crippen molar-refractivity contribution in [2.24, 2.45) is 23.6 Å². The van der Waals surface area contributed by atoms with Gasteiger partial charge in [0.25, 0.3) is 0 Å². The van der Waals surface area contributed by atoms with Crippen LogP contribution in [0.5, 0.6) is 0 Å². The Bertz CT molecular complexity index is 307. The molecule has 0 rings (SSSR count). The summed E-state index contributed by atoms with van der Waals surface area (Å²) in [4.78, 5) is 22.6. The quantitative estimate of drug-likeness (QED) is 0.367. The smallest absolute Gasteiger partial charge is 0.303 e. The Hall–Kier alpha value is -1.10. The minimum atomic E-state index is -0.832. The van der Waals surface area contributed by atoms with Crippen molar-refractivity contribution < 1.29 is 14.7 Å². The van der Waals surface area contributed by atoms with Gasteiger partial charge in [0, 0.05) is 13.0 Å². The van der Waals surface area contributed by atoms with E-state index in [1.165, 1.54) is 5.01 Å². The fourth-order valence-corrected chi connectivity index (χ4v) is 2.45. The number of carboxylic acids is 1. The zero-order chi connectivity index (χ0) is 15.7. The van der Waals surface area contributed by atoms with Crippen LogP contribution in [0.4, 0.5) is 0 Å². The van der Waals surface area contributed by atoms with Crippen molar-refractivity contribution in [3.8, 4) is 0 Å². The highest BCUT2D eigenvalue weighted by molar-refractivity contribution is 5.75. The van der Waals surface area contributed by atoms with Gasteiger partial charge in [-0.15, -0.1) is 0 Å². The summed E-state index contributed by atoms with van der Waals surface area (Å²) >= 11 is 0. The molecule has 0 aromatic heterocycles. The second-order valence-electron chi connectivity index (χ2n) is 5.74. The average Bonchev–Trinajstić information content (AvgIpc) is 2.41. The van der Waals surface area contributed by atoms with E-state index in [1.807, 2.05) is 0 Å². The molecule has 0 spiro atoms. The molecule has 0 saturated carbocycles. The summed E-state index contributed by atoms with van der Waals surface area (Å²) in [6, 6.07) is 0. The summed E-state index contributed by atoms with van der Waals surface area (Å²) in [6.45, 7) is 8.43. The standard InChI is InChI=1S/C15H30N2O3/c1-5-7-8-11(3)12(4)13(9-15(19)20)10-17(16)14(18)6-2/h11-13H,5-10,16H2,1-4H3,(H,19,20). The van der Waals surface area contributed by atoms with Crippen molar-refractivity contribution in [2.45, 2.75) is 59.8 Å². The van der Waals surface area contributed by atoms with Crippen molar-refractivity contribution in [1.29, 1.82) is 0 Å². The van der Waals surface area contributed by atoms with E-state index in [9.17, 15) is 9.59 Å². The first kappa shape index (κ1) is 18.9. The molecule has 0 aromatic rings. The number of hydrogen-bond acceptors (Lipinski definition) is 3. The molecule has 3 N–H and O–H groups in total. The van der Waals surface area contributed by atoms with E-state index in [0.717, 1.165) is 19.3 Å². The molecular formula is C15H30N2O3. The molecule has 0 radical (unpaired) electrons. The number of unbranched alkanes of at least 4 members (excludes halogenated alkanes) is 1. The maximum Gasteiger partial charge on any atom is 0.303 e. The number of nitrogens with two attached hydrogens (primary N) is 1. The van der Waals surface area contributed by atoms with E-state index in [2.05, 4.69) is 20.8 Å². The molecule has 0 aliphatic heterocycles. The highest BCUT2D eigenvalue weighted by atomic mass is 16.4. The Balaban J connectivity index is 4.68. The van der Waals surface area contributed by atoms with Crippen LogP contribution in [-0.2, 0) is 9.59 Å². The average molecular weight is 286 g/mol.